The number of halogens is 1. The lowest BCUT2D eigenvalue weighted by molar-refractivity contribution is -0.0871. The van der Waals surface area contributed by atoms with E-state index in [1.54, 1.807) is 0 Å². The molecule has 0 aromatic heterocycles. The van der Waals surface area contributed by atoms with Crippen LogP contribution in [0.25, 0.3) is 0 Å². The summed E-state index contributed by atoms with van der Waals surface area (Å²) >= 11 is 0. The maximum Gasteiger partial charge on any atom is 0.123 e. The van der Waals surface area contributed by atoms with E-state index in [1.807, 2.05) is 12.1 Å². The Kier molecular flexibility index (Phi) is 6.43. The third-order valence-corrected chi connectivity index (χ3v) is 3.60. The third kappa shape index (κ3) is 4.85. The smallest absolute Gasteiger partial charge is 0.123 e. The molecule has 1 saturated heterocycles. The molecule has 1 heterocycles. The molecule has 2 rings (SSSR count). The van der Waals surface area contributed by atoms with Crippen molar-refractivity contribution in [1.29, 1.82) is 0 Å². The Bertz CT molecular complexity index is 377. The van der Waals surface area contributed by atoms with Crippen LogP contribution in [0.15, 0.2) is 24.3 Å². The van der Waals surface area contributed by atoms with Gasteiger partial charge in [0.25, 0.3) is 0 Å². The molecule has 4 heteroatoms. The summed E-state index contributed by atoms with van der Waals surface area (Å²) in [6.07, 6.45) is 3.48. The van der Waals surface area contributed by atoms with Crippen LogP contribution in [0.1, 0.15) is 37.8 Å². The van der Waals surface area contributed by atoms with Crippen LogP contribution in [-0.4, -0.2) is 32.5 Å². The monoisotopic (exact) mass is 281 g/mol. The molecule has 112 valence electrons. The zero-order valence-electron chi connectivity index (χ0n) is 12.1. The Hall–Kier alpha value is -0.970. The van der Waals surface area contributed by atoms with E-state index >= 15 is 0 Å². The van der Waals surface area contributed by atoms with Crippen LogP contribution in [0.2, 0.25) is 0 Å². The molecular weight excluding hydrogens is 257 g/mol. The maximum atomic E-state index is 13.0. The molecule has 0 radical (unpaired) electrons. The zero-order chi connectivity index (χ0) is 14.2. The van der Waals surface area contributed by atoms with E-state index < -0.39 is 0 Å². The van der Waals surface area contributed by atoms with Crippen LogP contribution in [-0.2, 0) is 9.47 Å². The predicted octanol–water partition coefficient (Wildman–Crippen LogP) is 3.06. The maximum absolute atomic E-state index is 13.0. The van der Waals surface area contributed by atoms with Crippen LogP contribution in [0.5, 0.6) is 0 Å². The van der Waals surface area contributed by atoms with Crippen LogP contribution in [0, 0.1) is 5.82 Å². The summed E-state index contributed by atoms with van der Waals surface area (Å²) in [6, 6.07) is 7.02. The fourth-order valence-electron chi connectivity index (χ4n) is 2.42. The minimum absolute atomic E-state index is 0.119. The summed E-state index contributed by atoms with van der Waals surface area (Å²) in [7, 11) is 0. The van der Waals surface area contributed by atoms with Gasteiger partial charge in [-0.25, -0.2) is 4.39 Å². The summed E-state index contributed by atoms with van der Waals surface area (Å²) in [5.41, 5.74) is 1.14. The number of ether oxygens (including phenoxy) is 2. The molecule has 1 aromatic rings. The van der Waals surface area contributed by atoms with E-state index in [9.17, 15) is 4.39 Å². The minimum Gasteiger partial charge on any atom is -0.376 e. The second-order valence-corrected chi connectivity index (χ2v) is 5.22. The standard InChI is InChI=1S/C16H24FNO2/c1-2-3-4-16(13-5-7-14(17)8-6-13)18-11-15-12-19-9-10-20-15/h5-8,15-16,18H,2-4,9-12H2,1H3. The number of hydrogen-bond donors (Lipinski definition) is 1. The fourth-order valence-corrected chi connectivity index (χ4v) is 2.42. The van der Waals surface area contributed by atoms with Crippen molar-refractivity contribution in [2.24, 2.45) is 0 Å². The lowest BCUT2D eigenvalue weighted by Crippen LogP contribution is -2.38. The highest BCUT2D eigenvalue weighted by atomic mass is 19.1. The van der Waals surface area contributed by atoms with E-state index in [2.05, 4.69) is 12.2 Å². The number of benzene rings is 1. The molecule has 2 unspecified atom stereocenters. The van der Waals surface area contributed by atoms with Crippen molar-refractivity contribution >= 4 is 0 Å². The topological polar surface area (TPSA) is 30.5 Å². The summed E-state index contributed by atoms with van der Waals surface area (Å²) < 4.78 is 24.1. The van der Waals surface area contributed by atoms with Crippen molar-refractivity contribution in [3.63, 3.8) is 0 Å². The van der Waals surface area contributed by atoms with Crippen molar-refractivity contribution in [1.82, 2.24) is 5.32 Å². The molecule has 1 aliphatic heterocycles. The SMILES string of the molecule is CCCCC(NCC1COCCO1)c1ccc(F)cc1. The first-order valence-electron chi connectivity index (χ1n) is 7.47. The summed E-state index contributed by atoms with van der Waals surface area (Å²) in [6.45, 7) is 4.96. The molecule has 20 heavy (non-hydrogen) atoms. The first kappa shape index (κ1) is 15.4. The molecule has 1 N–H and O–H groups in total. The molecule has 0 amide bonds. The van der Waals surface area contributed by atoms with Crippen molar-refractivity contribution in [2.75, 3.05) is 26.4 Å². The Morgan fingerprint density at radius 2 is 2.10 bits per heavy atom. The van der Waals surface area contributed by atoms with Gasteiger partial charge in [0.15, 0.2) is 0 Å². The molecule has 1 fully saturated rings. The average molecular weight is 281 g/mol. The molecule has 1 aliphatic rings. The lowest BCUT2D eigenvalue weighted by atomic mass is 10.0. The van der Waals surface area contributed by atoms with Gasteiger partial charge >= 0.3 is 0 Å². The highest BCUT2D eigenvalue weighted by molar-refractivity contribution is 5.19. The Morgan fingerprint density at radius 3 is 2.75 bits per heavy atom. The molecule has 3 nitrogen and oxygen atoms in total. The normalized spacial score (nSPS) is 20.8. The van der Waals surface area contributed by atoms with Gasteiger partial charge in [0, 0.05) is 12.6 Å². The van der Waals surface area contributed by atoms with Gasteiger partial charge in [-0.15, -0.1) is 0 Å². The number of hydrogen-bond acceptors (Lipinski definition) is 3. The second kappa shape index (κ2) is 8.35. The van der Waals surface area contributed by atoms with E-state index in [0.717, 1.165) is 31.4 Å². The van der Waals surface area contributed by atoms with Crippen molar-refractivity contribution < 1.29 is 13.9 Å². The fraction of sp³-hybridized carbons (Fsp3) is 0.625. The zero-order valence-corrected chi connectivity index (χ0v) is 12.1. The predicted molar refractivity (Wildman–Crippen MR) is 77.2 cm³/mol. The van der Waals surface area contributed by atoms with Crippen LogP contribution in [0.4, 0.5) is 4.39 Å². The van der Waals surface area contributed by atoms with E-state index in [-0.39, 0.29) is 18.0 Å². The molecule has 0 saturated carbocycles. The molecule has 0 aliphatic carbocycles. The van der Waals surface area contributed by atoms with Crippen LogP contribution >= 0.6 is 0 Å². The first-order valence-corrected chi connectivity index (χ1v) is 7.47. The molecule has 0 spiro atoms. The van der Waals surface area contributed by atoms with Gasteiger partial charge in [0.05, 0.1) is 25.9 Å². The van der Waals surface area contributed by atoms with Gasteiger partial charge in [0.1, 0.15) is 5.82 Å². The van der Waals surface area contributed by atoms with Gasteiger partial charge < -0.3 is 14.8 Å². The van der Waals surface area contributed by atoms with Gasteiger partial charge in [-0.2, -0.15) is 0 Å². The van der Waals surface area contributed by atoms with Crippen LogP contribution < -0.4 is 5.32 Å². The van der Waals surface area contributed by atoms with Crippen molar-refractivity contribution in [2.45, 2.75) is 38.3 Å². The Morgan fingerprint density at radius 1 is 1.30 bits per heavy atom. The van der Waals surface area contributed by atoms with Crippen molar-refractivity contribution in [3.8, 4) is 0 Å². The quantitative estimate of drug-likeness (QED) is 0.833. The molecule has 0 bridgehead atoms. The van der Waals surface area contributed by atoms with Gasteiger partial charge in [-0.3, -0.25) is 0 Å². The Balaban J connectivity index is 1.90. The van der Waals surface area contributed by atoms with Crippen LogP contribution in [0.3, 0.4) is 0 Å². The summed E-state index contributed by atoms with van der Waals surface area (Å²) in [5.74, 6) is -0.188. The average Bonchev–Trinajstić information content (AvgIpc) is 2.50. The van der Waals surface area contributed by atoms with Gasteiger partial charge in [-0.05, 0) is 24.1 Å². The van der Waals surface area contributed by atoms with Crippen molar-refractivity contribution in [3.05, 3.63) is 35.6 Å². The summed E-state index contributed by atoms with van der Waals surface area (Å²) in [4.78, 5) is 0. The highest BCUT2D eigenvalue weighted by Gasteiger charge is 2.17. The number of unbranched alkanes of at least 4 members (excludes halogenated alkanes) is 1. The molecule has 2 atom stereocenters. The lowest BCUT2D eigenvalue weighted by Gasteiger charge is -2.26. The highest BCUT2D eigenvalue weighted by Crippen LogP contribution is 2.20. The molecular formula is C16H24FNO2. The minimum atomic E-state index is -0.188. The second-order valence-electron chi connectivity index (χ2n) is 5.22. The van der Waals surface area contributed by atoms with E-state index in [4.69, 9.17) is 9.47 Å². The van der Waals surface area contributed by atoms with E-state index in [1.165, 1.54) is 12.1 Å². The largest absolute Gasteiger partial charge is 0.376 e. The van der Waals surface area contributed by atoms with E-state index in [0.29, 0.717) is 19.8 Å². The molecule has 1 aromatic carbocycles. The third-order valence-electron chi connectivity index (χ3n) is 3.60. The Labute approximate surface area is 120 Å². The number of rotatable bonds is 7. The summed E-state index contributed by atoms with van der Waals surface area (Å²) in [5, 5.41) is 3.53. The first-order chi connectivity index (χ1) is 9.79. The number of nitrogens with one attached hydrogen (secondary N) is 1. The van der Waals surface area contributed by atoms with Gasteiger partial charge in [-0.1, -0.05) is 31.9 Å². The van der Waals surface area contributed by atoms with Gasteiger partial charge in [0.2, 0.25) is 0 Å².